The molecule has 0 aliphatic heterocycles. The number of aliphatic carboxylic acids is 1. The van der Waals surface area contributed by atoms with Gasteiger partial charge in [0.25, 0.3) is 0 Å². The van der Waals surface area contributed by atoms with Crippen molar-refractivity contribution in [3.63, 3.8) is 0 Å². The van der Waals surface area contributed by atoms with Crippen LogP contribution < -0.4 is 16.0 Å². The highest BCUT2D eigenvalue weighted by atomic mass is 16.4. The van der Waals surface area contributed by atoms with E-state index in [-0.39, 0.29) is 11.9 Å². The third-order valence-corrected chi connectivity index (χ3v) is 3.26. The van der Waals surface area contributed by atoms with Crippen molar-refractivity contribution in [2.24, 2.45) is 11.8 Å². The van der Waals surface area contributed by atoms with E-state index in [1.807, 2.05) is 0 Å². The van der Waals surface area contributed by atoms with Gasteiger partial charge in [-0.15, -0.1) is 6.58 Å². The summed E-state index contributed by atoms with van der Waals surface area (Å²) >= 11 is 0. The predicted molar refractivity (Wildman–Crippen MR) is 81.5 cm³/mol. The molecule has 1 aliphatic carbocycles. The fourth-order valence-corrected chi connectivity index (χ4v) is 1.97. The summed E-state index contributed by atoms with van der Waals surface area (Å²) in [6, 6.07) is 6.22. The van der Waals surface area contributed by atoms with Crippen molar-refractivity contribution in [2.45, 2.75) is 6.42 Å². The maximum Gasteiger partial charge on any atom is 0.319 e. The Kier molecular flexibility index (Phi) is 4.77. The Labute approximate surface area is 127 Å². The SMILES string of the molecule is C=CCNC(=O)Nc1ccc(NC(=O)C2CC2C(=O)O)cc1. The number of amides is 3. The minimum Gasteiger partial charge on any atom is -0.481 e. The average molecular weight is 303 g/mol. The van der Waals surface area contributed by atoms with Crippen molar-refractivity contribution in [1.82, 2.24) is 5.32 Å². The van der Waals surface area contributed by atoms with Crippen molar-refractivity contribution in [3.8, 4) is 0 Å². The molecule has 0 radical (unpaired) electrons. The van der Waals surface area contributed by atoms with Crippen molar-refractivity contribution in [1.29, 1.82) is 0 Å². The molecule has 1 aromatic rings. The van der Waals surface area contributed by atoms with Crippen LogP contribution in [0.2, 0.25) is 0 Å². The van der Waals surface area contributed by atoms with Crippen LogP contribution >= 0.6 is 0 Å². The zero-order valence-electron chi connectivity index (χ0n) is 11.8. The summed E-state index contributed by atoms with van der Waals surface area (Å²) in [5.41, 5.74) is 1.13. The van der Waals surface area contributed by atoms with Crippen LogP contribution in [-0.2, 0) is 9.59 Å². The van der Waals surface area contributed by atoms with Gasteiger partial charge < -0.3 is 21.1 Å². The third kappa shape index (κ3) is 4.08. The van der Waals surface area contributed by atoms with Gasteiger partial charge >= 0.3 is 12.0 Å². The normalized spacial score (nSPS) is 18.9. The van der Waals surface area contributed by atoms with Gasteiger partial charge in [-0.05, 0) is 30.7 Å². The lowest BCUT2D eigenvalue weighted by molar-refractivity contribution is -0.139. The minimum atomic E-state index is -0.940. The summed E-state index contributed by atoms with van der Waals surface area (Å²) in [5.74, 6) is -2.27. The first kappa shape index (κ1) is 15.6. The maximum absolute atomic E-state index is 11.8. The summed E-state index contributed by atoms with van der Waals surface area (Å²) < 4.78 is 0. The van der Waals surface area contributed by atoms with Gasteiger partial charge in [-0.2, -0.15) is 0 Å². The maximum atomic E-state index is 11.8. The topological polar surface area (TPSA) is 108 Å². The Morgan fingerprint density at radius 2 is 1.73 bits per heavy atom. The molecule has 22 heavy (non-hydrogen) atoms. The Morgan fingerprint density at radius 1 is 1.14 bits per heavy atom. The van der Waals surface area contributed by atoms with E-state index in [2.05, 4.69) is 22.5 Å². The molecule has 7 nitrogen and oxygen atoms in total. The van der Waals surface area contributed by atoms with Crippen LogP contribution in [0.3, 0.4) is 0 Å². The number of hydrogen-bond acceptors (Lipinski definition) is 3. The molecule has 2 atom stereocenters. The quantitative estimate of drug-likeness (QED) is 0.599. The van der Waals surface area contributed by atoms with Gasteiger partial charge in [-0.1, -0.05) is 6.08 Å². The van der Waals surface area contributed by atoms with E-state index >= 15 is 0 Å². The molecule has 3 amide bonds. The van der Waals surface area contributed by atoms with Crippen LogP contribution in [0.25, 0.3) is 0 Å². The Hall–Kier alpha value is -2.83. The van der Waals surface area contributed by atoms with Gasteiger partial charge in [0.15, 0.2) is 0 Å². The molecule has 2 rings (SSSR count). The first-order valence-electron chi connectivity index (χ1n) is 6.80. The molecule has 0 heterocycles. The van der Waals surface area contributed by atoms with Crippen LogP contribution in [0.4, 0.5) is 16.2 Å². The van der Waals surface area contributed by atoms with E-state index in [4.69, 9.17) is 5.11 Å². The van der Waals surface area contributed by atoms with Gasteiger partial charge in [0.1, 0.15) is 0 Å². The molecule has 0 spiro atoms. The van der Waals surface area contributed by atoms with Crippen LogP contribution in [0.5, 0.6) is 0 Å². The monoisotopic (exact) mass is 303 g/mol. The van der Waals surface area contributed by atoms with Crippen molar-refractivity contribution in [3.05, 3.63) is 36.9 Å². The smallest absolute Gasteiger partial charge is 0.319 e. The number of carboxylic acid groups (broad SMARTS) is 1. The Bertz CT molecular complexity index is 597. The van der Waals surface area contributed by atoms with E-state index in [1.54, 1.807) is 30.3 Å². The Morgan fingerprint density at radius 3 is 2.23 bits per heavy atom. The molecule has 0 aromatic heterocycles. The molecular weight excluding hydrogens is 286 g/mol. The second-order valence-corrected chi connectivity index (χ2v) is 4.98. The minimum absolute atomic E-state index is 0.295. The summed E-state index contributed by atoms with van der Waals surface area (Å²) in [6.45, 7) is 3.86. The molecular formula is C15H17N3O4. The van der Waals surface area contributed by atoms with E-state index in [1.165, 1.54) is 0 Å². The van der Waals surface area contributed by atoms with E-state index in [9.17, 15) is 14.4 Å². The second-order valence-electron chi connectivity index (χ2n) is 4.98. The second kappa shape index (κ2) is 6.75. The summed E-state index contributed by atoms with van der Waals surface area (Å²) in [7, 11) is 0. The third-order valence-electron chi connectivity index (χ3n) is 3.26. The summed E-state index contributed by atoms with van der Waals surface area (Å²) in [4.78, 5) is 34.0. The Balaban J connectivity index is 1.84. The van der Waals surface area contributed by atoms with Gasteiger partial charge in [0, 0.05) is 17.9 Å². The van der Waals surface area contributed by atoms with Crippen molar-refractivity contribution in [2.75, 3.05) is 17.2 Å². The number of nitrogens with one attached hydrogen (secondary N) is 3. The molecule has 1 aromatic carbocycles. The lowest BCUT2D eigenvalue weighted by atomic mass is 10.2. The average Bonchev–Trinajstić information content (AvgIpc) is 3.28. The molecule has 1 fully saturated rings. The van der Waals surface area contributed by atoms with Crippen molar-refractivity contribution >= 4 is 29.3 Å². The predicted octanol–water partition coefficient (Wildman–Crippen LogP) is 1.65. The first-order chi connectivity index (χ1) is 10.5. The fraction of sp³-hybridized carbons (Fsp3) is 0.267. The molecule has 116 valence electrons. The fourth-order valence-electron chi connectivity index (χ4n) is 1.97. The number of benzene rings is 1. The van der Waals surface area contributed by atoms with Crippen LogP contribution in [0.15, 0.2) is 36.9 Å². The first-order valence-corrected chi connectivity index (χ1v) is 6.80. The number of hydrogen-bond donors (Lipinski definition) is 4. The molecule has 0 saturated heterocycles. The van der Waals surface area contributed by atoms with Crippen LogP contribution in [-0.4, -0.2) is 29.6 Å². The van der Waals surface area contributed by atoms with E-state index < -0.39 is 17.8 Å². The molecule has 1 saturated carbocycles. The van der Waals surface area contributed by atoms with Gasteiger partial charge in [0.2, 0.25) is 5.91 Å². The number of carbonyl (C=O) groups is 3. The van der Waals surface area contributed by atoms with Gasteiger partial charge in [0.05, 0.1) is 11.8 Å². The molecule has 1 aliphatic rings. The highest BCUT2D eigenvalue weighted by Crippen LogP contribution is 2.39. The zero-order valence-corrected chi connectivity index (χ0v) is 11.8. The molecule has 4 N–H and O–H groups in total. The van der Waals surface area contributed by atoms with Crippen molar-refractivity contribution < 1.29 is 19.5 Å². The molecule has 2 unspecified atom stereocenters. The number of anilines is 2. The van der Waals surface area contributed by atoms with E-state index in [0.717, 1.165) is 0 Å². The molecule has 7 heteroatoms. The van der Waals surface area contributed by atoms with E-state index in [0.29, 0.717) is 24.3 Å². The van der Waals surface area contributed by atoms with Gasteiger partial charge in [-0.3, -0.25) is 9.59 Å². The van der Waals surface area contributed by atoms with Gasteiger partial charge in [-0.25, -0.2) is 4.79 Å². The highest BCUT2D eigenvalue weighted by Gasteiger charge is 2.48. The number of urea groups is 1. The van der Waals surface area contributed by atoms with Crippen LogP contribution in [0, 0.1) is 11.8 Å². The summed E-state index contributed by atoms with van der Waals surface area (Å²) in [6.07, 6.45) is 1.95. The lowest BCUT2D eigenvalue weighted by Gasteiger charge is -2.08. The molecule has 0 bridgehead atoms. The van der Waals surface area contributed by atoms with Crippen LogP contribution in [0.1, 0.15) is 6.42 Å². The largest absolute Gasteiger partial charge is 0.481 e. The standard InChI is InChI=1S/C15H17N3O4/c1-2-7-16-15(22)18-10-5-3-9(4-6-10)17-13(19)11-8-12(11)14(20)21/h2-6,11-12H,1,7-8H2,(H,17,19)(H,20,21)(H2,16,18,22). The highest BCUT2D eigenvalue weighted by molar-refractivity contribution is 5.98. The number of rotatable bonds is 6. The number of carboxylic acids is 1. The lowest BCUT2D eigenvalue weighted by Crippen LogP contribution is -2.28. The zero-order chi connectivity index (χ0) is 16.1. The number of carbonyl (C=O) groups excluding carboxylic acids is 2. The summed E-state index contributed by atoms with van der Waals surface area (Å²) in [5, 5.41) is 16.6.